The van der Waals surface area contributed by atoms with Crippen molar-refractivity contribution >= 4 is 71.1 Å². The first-order valence-electron chi connectivity index (χ1n) is 17.5. The van der Waals surface area contributed by atoms with Crippen molar-refractivity contribution in [2.75, 3.05) is 0 Å². The Morgan fingerprint density at radius 2 is 1.31 bits per heavy atom. The van der Waals surface area contributed by atoms with E-state index in [4.69, 9.17) is 9.97 Å². The van der Waals surface area contributed by atoms with Crippen LogP contribution in [-0.4, -0.2) is 19.1 Å². The van der Waals surface area contributed by atoms with Crippen molar-refractivity contribution in [1.82, 2.24) is 19.1 Å². The monoisotopic (exact) mass is 684 g/mol. The number of allylic oxidation sites excluding steroid dienone is 2. The van der Waals surface area contributed by atoms with E-state index < -0.39 is 0 Å². The molecule has 4 heterocycles. The van der Waals surface area contributed by atoms with E-state index >= 15 is 0 Å². The van der Waals surface area contributed by atoms with Gasteiger partial charge in [0.25, 0.3) is 0 Å². The number of nitrogens with zero attached hydrogens (tertiary/aromatic N) is 4. The van der Waals surface area contributed by atoms with Gasteiger partial charge in [-0.2, -0.15) is 0 Å². The van der Waals surface area contributed by atoms with Crippen LogP contribution in [0.15, 0.2) is 164 Å². The van der Waals surface area contributed by atoms with E-state index in [1.54, 1.807) is 11.3 Å². The predicted molar refractivity (Wildman–Crippen MR) is 221 cm³/mol. The SMILES string of the molecule is C=C/C=C\c1sc2c(-c3nc(-c4ccccc4)cc(-n4c5ccccc5c5c4ccc4c6ccccc6n(-c6ccccc6)c45)n3)cccc2c1C. The van der Waals surface area contributed by atoms with Gasteiger partial charge in [0.1, 0.15) is 5.82 Å². The fraction of sp³-hybridized carbons (Fsp3) is 0.0213. The van der Waals surface area contributed by atoms with Crippen LogP contribution in [0.25, 0.3) is 93.9 Å². The quantitative estimate of drug-likeness (QED) is 0.163. The van der Waals surface area contributed by atoms with Crippen LogP contribution in [0, 0.1) is 6.92 Å². The van der Waals surface area contributed by atoms with Crippen molar-refractivity contribution in [3.8, 4) is 34.2 Å². The lowest BCUT2D eigenvalue weighted by molar-refractivity contribution is 1.05. The summed E-state index contributed by atoms with van der Waals surface area (Å²) in [6.07, 6.45) is 5.96. The average molecular weight is 685 g/mol. The molecule has 0 aliphatic carbocycles. The van der Waals surface area contributed by atoms with Gasteiger partial charge in [0.15, 0.2) is 5.82 Å². The largest absolute Gasteiger partial charge is 0.309 e. The third-order valence-corrected chi connectivity index (χ3v) is 11.4. The lowest BCUT2D eigenvalue weighted by Crippen LogP contribution is -2.02. The van der Waals surface area contributed by atoms with Crippen LogP contribution in [0.2, 0.25) is 0 Å². The lowest BCUT2D eigenvalue weighted by Gasteiger charge is -2.13. The fourth-order valence-corrected chi connectivity index (χ4v) is 9.01. The van der Waals surface area contributed by atoms with Crippen LogP contribution < -0.4 is 0 Å². The van der Waals surface area contributed by atoms with Gasteiger partial charge in [-0.25, -0.2) is 9.97 Å². The molecule has 4 aromatic heterocycles. The molecule has 0 N–H and O–H groups in total. The van der Waals surface area contributed by atoms with Crippen molar-refractivity contribution in [3.63, 3.8) is 0 Å². The molecule has 0 aliphatic rings. The number of hydrogen-bond donors (Lipinski definition) is 0. The Hall–Kier alpha value is -6.56. The van der Waals surface area contributed by atoms with E-state index in [-0.39, 0.29) is 0 Å². The fourth-order valence-electron chi connectivity index (χ4n) is 7.78. The molecule has 52 heavy (non-hydrogen) atoms. The molecule has 0 unspecified atom stereocenters. The zero-order chi connectivity index (χ0) is 34.8. The standard InChI is InChI=1S/C47H32N4S/c1-3-4-26-42-30(2)33-22-15-23-37(46(33)52-42)47-48-38(31-16-7-5-8-17-31)29-43(49-47)51-40-25-14-12-21-36(40)44-41(51)28-27-35-34-20-11-13-24-39(34)50(45(35)44)32-18-9-6-10-19-32/h3-29H,1H2,2H3/b26-4-. The van der Waals surface area contributed by atoms with Crippen LogP contribution in [0.3, 0.4) is 0 Å². The summed E-state index contributed by atoms with van der Waals surface area (Å²) in [5, 5.41) is 6.06. The highest BCUT2D eigenvalue weighted by atomic mass is 32.1. The predicted octanol–water partition coefficient (Wildman–Crippen LogP) is 12.7. The zero-order valence-electron chi connectivity index (χ0n) is 28.5. The van der Waals surface area contributed by atoms with Crippen molar-refractivity contribution in [1.29, 1.82) is 0 Å². The highest BCUT2D eigenvalue weighted by Crippen LogP contribution is 2.43. The number of fused-ring (bicyclic) bond motifs is 8. The molecule has 0 bridgehead atoms. The molecule has 10 aromatic rings. The van der Waals surface area contributed by atoms with Crippen LogP contribution in [0.4, 0.5) is 0 Å². The topological polar surface area (TPSA) is 35.6 Å². The van der Waals surface area contributed by atoms with Gasteiger partial charge in [0.2, 0.25) is 0 Å². The number of hydrogen-bond acceptors (Lipinski definition) is 3. The summed E-state index contributed by atoms with van der Waals surface area (Å²) in [5.74, 6) is 1.53. The molecule has 0 spiro atoms. The first kappa shape index (κ1) is 30.3. The first-order valence-corrected chi connectivity index (χ1v) is 18.3. The smallest absolute Gasteiger partial charge is 0.163 e. The van der Waals surface area contributed by atoms with Gasteiger partial charge in [-0.1, -0.05) is 122 Å². The molecule has 4 nitrogen and oxygen atoms in total. The summed E-state index contributed by atoms with van der Waals surface area (Å²) in [5.41, 5.74) is 9.90. The summed E-state index contributed by atoms with van der Waals surface area (Å²) in [7, 11) is 0. The molecule has 246 valence electrons. The molecule has 0 amide bonds. The van der Waals surface area contributed by atoms with Gasteiger partial charge in [0.05, 0.1) is 27.8 Å². The minimum absolute atomic E-state index is 0.702. The Labute approximate surface area is 304 Å². The maximum Gasteiger partial charge on any atom is 0.163 e. The molecule has 5 heteroatoms. The maximum atomic E-state index is 5.44. The second kappa shape index (κ2) is 12.0. The van der Waals surface area contributed by atoms with Crippen molar-refractivity contribution in [2.45, 2.75) is 6.92 Å². The Bertz CT molecular complexity index is 3030. The summed E-state index contributed by atoms with van der Waals surface area (Å²) in [6.45, 7) is 6.07. The van der Waals surface area contributed by atoms with Crippen LogP contribution >= 0.6 is 11.3 Å². The Morgan fingerprint density at radius 3 is 2.10 bits per heavy atom. The molecule has 0 radical (unpaired) electrons. The Kier molecular flexibility index (Phi) is 7.01. The van der Waals surface area contributed by atoms with Crippen LogP contribution in [0.1, 0.15) is 10.4 Å². The lowest BCUT2D eigenvalue weighted by atomic mass is 10.1. The van der Waals surface area contributed by atoms with E-state index in [2.05, 4.69) is 168 Å². The average Bonchev–Trinajstić information content (AvgIpc) is 3.84. The number of thiophene rings is 1. The van der Waals surface area contributed by atoms with Gasteiger partial charge in [-0.15, -0.1) is 11.3 Å². The van der Waals surface area contributed by atoms with E-state index in [0.717, 1.165) is 39.4 Å². The van der Waals surface area contributed by atoms with E-state index in [9.17, 15) is 0 Å². The molecule has 0 fully saturated rings. The highest BCUT2D eigenvalue weighted by Gasteiger charge is 2.23. The number of aryl methyl sites for hydroxylation is 1. The van der Waals surface area contributed by atoms with Gasteiger partial charge in [0, 0.05) is 54.0 Å². The minimum Gasteiger partial charge on any atom is -0.309 e. The summed E-state index contributed by atoms with van der Waals surface area (Å²) in [4.78, 5) is 11.9. The second-order valence-corrected chi connectivity index (χ2v) is 14.1. The van der Waals surface area contributed by atoms with Crippen molar-refractivity contribution < 1.29 is 0 Å². The van der Waals surface area contributed by atoms with Crippen molar-refractivity contribution in [2.24, 2.45) is 0 Å². The summed E-state index contributed by atoms with van der Waals surface area (Å²) >= 11 is 1.77. The van der Waals surface area contributed by atoms with Crippen LogP contribution in [0.5, 0.6) is 0 Å². The molecule has 0 saturated heterocycles. The number of para-hydroxylation sites is 3. The van der Waals surface area contributed by atoms with Crippen molar-refractivity contribution in [3.05, 3.63) is 175 Å². The van der Waals surface area contributed by atoms with Gasteiger partial charge < -0.3 is 4.57 Å². The third kappa shape index (κ3) is 4.60. The maximum absolute atomic E-state index is 5.44. The number of aromatic nitrogens is 4. The van der Waals surface area contributed by atoms with Gasteiger partial charge in [-0.3, -0.25) is 4.57 Å². The molecule has 0 atom stereocenters. The first-order chi connectivity index (χ1) is 25.7. The second-order valence-electron chi connectivity index (χ2n) is 13.1. The molecule has 10 rings (SSSR count). The zero-order valence-corrected chi connectivity index (χ0v) is 29.3. The molecular formula is C47H32N4S. The molecule has 0 saturated carbocycles. The Morgan fingerprint density at radius 1 is 0.615 bits per heavy atom. The van der Waals surface area contributed by atoms with Gasteiger partial charge in [-0.05, 0) is 60.3 Å². The van der Waals surface area contributed by atoms with E-state index in [1.807, 2.05) is 18.2 Å². The molecule has 0 aliphatic heterocycles. The van der Waals surface area contributed by atoms with E-state index in [1.165, 1.54) is 53.1 Å². The highest BCUT2D eigenvalue weighted by molar-refractivity contribution is 7.20. The van der Waals surface area contributed by atoms with Crippen LogP contribution in [-0.2, 0) is 0 Å². The normalized spacial score (nSPS) is 11.9. The summed E-state index contributed by atoms with van der Waals surface area (Å²) in [6, 6.07) is 51.7. The Balaban J connectivity index is 1.31. The molecular weight excluding hydrogens is 653 g/mol. The van der Waals surface area contributed by atoms with Gasteiger partial charge >= 0.3 is 0 Å². The molecule has 6 aromatic carbocycles. The van der Waals surface area contributed by atoms with E-state index in [0.29, 0.717) is 5.82 Å². The third-order valence-electron chi connectivity index (χ3n) is 10.1. The minimum atomic E-state index is 0.702. The summed E-state index contributed by atoms with van der Waals surface area (Å²) < 4.78 is 5.92. The number of benzene rings is 6. The number of rotatable bonds is 6.